The Morgan fingerprint density at radius 2 is 1.85 bits per heavy atom. The fourth-order valence-corrected chi connectivity index (χ4v) is 4.04. The lowest BCUT2D eigenvalue weighted by Gasteiger charge is -2.15. The fourth-order valence-electron chi connectivity index (χ4n) is 4.04. The third-order valence-corrected chi connectivity index (χ3v) is 6.26. The minimum Gasteiger partial charge on any atom is -0.507 e. The molecule has 0 radical (unpaired) electrons. The lowest BCUT2D eigenvalue weighted by atomic mass is 9.98. The van der Waals surface area contributed by atoms with Gasteiger partial charge in [-0.3, -0.25) is 14.4 Å². The first-order valence-electron chi connectivity index (χ1n) is 13.1. The number of aromatic hydroxyl groups is 2. The zero-order valence-electron chi connectivity index (χ0n) is 23.7. The maximum absolute atomic E-state index is 13.8. The number of rotatable bonds is 11. The first-order valence-corrected chi connectivity index (χ1v) is 13.1. The van der Waals surface area contributed by atoms with E-state index in [4.69, 9.17) is 24.7 Å². The van der Waals surface area contributed by atoms with E-state index in [0.29, 0.717) is 11.3 Å². The molecule has 0 spiro atoms. The van der Waals surface area contributed by atoms with Crippen LogP contribution >= 0.6 is 0 Å². The van der Waals surface area contributed by atoms with Gasteiger partial charge in [-0.1, -0.05) is 37.6 Å². The first-order chi connectivity index (χ1) is 19.3. The average Bonchev–Trinajstić information content (AvgIpc) is 2.89. The molecule has 0 aliphatic carbocycles. The highest BCUT2D eigenvalue weighted by Crippen LogP contribution is 2.40. The number of phenolic OH excluding ortho intramolecular Hbond substituents is 2. The number of esters is 1. The summed E-state index contributed by atoms with van der Waals surface area (Å²) in [6.45, 7) is 7.71. The number of allylic oxidation sites excluding steroid dienone is 3. The van der Waals surface area contributed by atoms with Crippen LogP contribution in [-0.2, 0) is 16.0 Å². The number of hydrogen-bond donors (Lipinski definition) is 4. The van der Waals surface area contributed by atoms with Gasteiger partial charge in [0.15, 0.2) is 0 Å². The monoisotopic (exact) mass is 565 g/mol. The Kier molecular flexibility index (Phi) is 9.96. The van der Waals surface area contributed by atoms with Gasteiger partial charge >= 0.3 is 11.9 Å². The second-order valence-electron chi connectivity index (χ2n) is 10.2. The predicted octanol–water partition coefficient (Wildman–Crippen LogP) is 5.16. The summed E-state index contributed by atoms with van der Waals surface area (Å²) < 4.78 is 16.8. The molecular weight excluding hydrogens is 530 g/mol. The molecule has 10 nitrogen and oxygen atoms in total. The number of methoxy groups -OCH3 is 1. The highest BCUT2D eigenvalue weighted by molar-refractivity contribution is 5.92. The molecule has 1 aromatic heterocycles. The van der Waals surface area contributed by atoms with E-state index in [1.165, 1.54) is 31.4 Å². The Hall–Kier alpha value is -4.57. The smallest absolute Gasteiger partial charge is 0.320 e. The number of hydrogen-bond acceptors (Lipinski definition) is 9. The maximum Gasteiger partial charge on any atom is 0.320 e. The lowest BCUT2D eigenvalue weighted by Crippen LogP contribution is -2.31. The topological polar surface area (TPSA) is 170 Å². The molecule has 3 aromatic rings. The zero-order valence-corrected chi connectivity index (χ0v) is 23.7. The number of phenols is 2. The van der Waals surface area contributed by atoms with Crippen LogP contribution in [0, 0.1) is 5.92 Å². The highest BCUT2D eigenvalue weighted by atomic mass is 16.5. The normalized spacial score (nSPS) is 12.1. The SMILES string of the molecule is COc1cc2oc(-c3ccc(OC(=O)CC[C@H](N)C(=O)O)cc3O)c(CC=C(C)C)c(=O)c2c(O)c1/C=C/C(C)C. The van der Waals surface area contributed by atoms with Crippen molar-refractivity contribution in [2.24, 2.45) is 11.7 Å². The van der Waals surface area contributed by atoms with Crippen molar-refractivity contribution in [3.05, 3.63) is 63.3 Å². The van der Waals surface area contributed by atoms with Crippen molar-refractivity contribution in [3.63, 3.8) is 0 Å². The van der Waals surface area contributed by atoms with E-state index in [9.17, 15) is 24.6 Å². The number of carbonyl (C=O) groups is 2. The predicted molar refractivity (Wildman–Crippen MR) is 155 cm³/mol. The Morgan fingerprint density at radius 3 is 2.44 bits per heavy atom. The second-order valence-corrected chi connectivity index (χ2v) is 10.2. The van der Waals surface area contributed by atoms with Crippen LogP contribution in [0.25, 0.3) is 28.4 Å². The summed E-state index contributed by atoms with van der Waals surface area (Å²) in [6, 6.07) is 4.36. The Balaban J connectivity index is 2.13. The highest BCUT2D eigenvalue weighted by Gasteiger charge is 2.24. The van der Waals surface area contributed by atoms with Gasteiger partial charge < -0.3 is 34.9 Å². The van der Waals surface area contributed by atoms with Gasteiger partial charge in [0.2, 0.25) is 5.43 Å². The van der Waals surface area contributed by atoms with E-state index in [1.807, 2.05) is 39.8 Å². The molecule has 0 fully saturated rings. The lowest BCUT2D eigenvalue weighted by molar-refractivity contribution is -0.139. The van der Waals surface area contributed by atoms with Gasteiger partial charge in [0.05, 0.1) is 18.2 Å². The van der Waals surface area contributed by atoms with Crippen LogP contribution in [0.15, 0.2) is 51.2 Å². The van der Waals surface area contributed by atoms with Crippen LogP contribution in [0.5, 0.6) is 23.0 Å². The summed E-state index contributed by atoms with van der Waals surface area (Å²) in [5.41, 5.74) is 6.68. The summed E-state index contributed by atoms with van der Waals surface area (Å²) in [5, 5.41) is 30.9. The van der Waals surface area contributed by atoms with Gasteiger partial charge in [0.1, 0.15) is 45.8 Å². The van der Waals surface area contributed by atoms with Crippen LogP contribution in [0.2, 0.25) is 0 Å². The second kappa shape index (κ2) is 13.2. The average molecular weight is 566 g/mol. The van der Waals surface area contributed by atoms with Crippen molar-refractivity contribution in [2.45, 2.75) is 53.0 Å². The van der Waals surface area contributed by atoms with Crippen LogP contribution in [0.1, 0.15) is 51.7 Å². The minimum absolute atomic E-state index is 0.00928. The van der Waals surface area contributed by atoms with Crippen LogP contribution in [-0.4, -0.2) is 40.4 Å². The molecule has 0 saturated heterocycles. The van der Waals surface area contributed by atoms with Gasteiger partial charge in [-0.05, 0) is 44.7 Å². The van der Waals surface area contributed by atoms with Crippen LogP contribution < -0.4 is 20.6 Å². The van der Waals surface area contributed by atoms with Crippen molar-refractivity contribution in [3.8, 4) is 34.3 Å². The van der Waals surface area contributed by atoms with Crippen molar-refractivity contribution in [2.75, 3.05) is 7.11 Å². The molecule has 1 atom stereocenters. The summed E-state index contributed by atoms with van der Waals surface area (Å²) in [7, 11) is 1.44. The van der Waals surface area contributed by atoms with Crippen molar-refractivity contribution in [1.82, 2.24) is 0 Å². The molecule has 0 amide bonds. The number of benzene rings is 2. The molecule has 218 valence electrons. The molecular formula is C31H35NO9. The van der Waals surface area contributed by atoms with E-state index in [2.05, 4.69) is 0 Å². The molecule has 0 aliphatic rings. The third kappa shape index (κ3) is 7.34. The maximum atomic E-state index is 13.8. The molecule has 3 rings (SSSR count). The Bertz CT molecular complexity index is 1580. The summed E-state index contributed by atoms with van der Waals surface area (Å²) >= 11 is 0. The van der Waals surface area contributed by atoms with Gasteiger partial charge in [-0.25, -0.2) is 0 Å². The molecule has 5 N–H and O–H groups in total. The first kappa shape index (κ1) is 31.0. The fraction of sp³-hybridized carbons (Fsp3) is 0.323. The van der Waals surface area contributed by atoms with Gasteiger partial charge in [0, 0.05) is 24.1 Å². The molecule has 10 heteroatoms. The number of aliphatic carboxylic acids is 1. The number of nitrogens with two attached hydrogens (primary N) is 1. The van der Waals surface area contributed by atoms with Gasteiger partial charge in [-0.15, -0.1) is 0 Å². The van der Waals surface area contributed by atoms with E-state index in [0.717, 1.165) is 5.57 Å². The van der Waals surface area contributed by atoms with E-state index in [-0.39, 0.29) is 70.3 Å². The largest absolute Gasteiger partial charge is 0.507 e. The molecule has 1 heterocycles. The molecule has 0 saturated carbocycles. The minimum atomic E-state index is -1.23. The van der Waals surface area contributed by atoms with Crippen molar-refractivity contribution < 1.29 is 38.8 Å². The summed E-state index contributed by atoms with van der Waals surface area (Å²) in [5.74, 6) is -1.98. The number of carboxylic acid groups (broad SMARTS) is 1. The number of carbonyl (C=O) groups excluding carboxylic acids is 1. The molecule has 0 unspecified atom stereocenters. The van der Waals surface area contributed by atoms with Gasteiger partial charge in [-0.2, -0.15) is 0 Å². The van der Waals surface area contributed by atoms with Gasteiger partial charge in [0.25, 0.3) is 0 Å². The standard InChI is InChI=1S/C31H35NO9/c1-16(2)6-9-20-24(39-5)15-25-27(28(20)35)29(36)21(10-7-17(3)4)30(41-25)19-11-8-18(14-23(19)33)40-26(34)13-12-22(32)31(37)38/h6-9,11,14-16,22,33,35H,10,12-13,32H2,1-5H3,(H,37,38)/b9-6+/t22-/m0/s1. The van der Waals surface area contributed by atoms with E-state index in [1.54, 1.807) is 6.08 Å². The number of ether oxygens (including phenoxy) is 2. The number of fused-ring (bicyclic) bond motifs is 1. The Labute approximate surface area is 237 Å². The van der Waals surface area contributed by atoms with E-state index >= 15 is 0 Å². The summed E-state index contributed by atoms with van der Waals surface area (Å²) in [4.78, 5) is 36.8. The Morgan fingerprint density at radius 1 is 1.15 bits per heavy atom. The van der Waals surface area contributed by atoms with Crippen molar-refractivity contribution in [1.29, 1.82) is 0 Å². The molecule has 0 aliphatic heterocycles. The van der Waals surface area contributed by atoms with E-state index < -0.39 is 23.4 Å². The molecule has 0 bridgehead atoms. The van der Waals surface area contributed by atoms with Crippen molar-refractivity contribution >= 4 is 29.0 Å². The summed E-state index contributed by atoms with van der Waals surface area (Å²) in [6.07, 6.45) is 5.22. The molecule has 2 aromatic carbocycles. The van der Waals surface area contributed by atoms with Crippen LogP contribution in [0.4, 0.5) is 0 Å². The quantitative estimate of drug-likeness (QED) is 0.138. The number of carboxylic acids is 1. The van der Waals surface area contributed by atoms with Crippen LogP contribution in [0.3, 0.4) is 0 Å². The third-order valence-electron chi connectivity index (χ3n) is 6.26. The zero-order chi connectivity index (χ0) is 30.4. The molecule has 41 heavy (non-hydrogen) atoms.